The van der Waals surface area contributed by atoms with Crippen molar-refractivity contribution >= 4 is 34.1 Å². The summed E-state index contributed by atoms with van der Waals surface area (Å²) in [4.78, 5) is 18.2. The van der Waals surface area contributed by atoms with Crippen molar-refractivity contribution < 1.29 is 9.47 Å². The van der Waals surface area contributed by atoms with E-state index in [2.05, 4.69) is 15.3 Å². The molecule has 0 bridgehead atoms. The van der Waals surface area contributed by atoms with E-state index in [9.17, 15) is 4.79 Å². The van der Waals surface area contributed by atoms with Gasteiger partial charge in [-0.1, -0.05) is 0 Å². The Morgan fingerprint density at radius 3 is 2.67 bits per heavy atom. The molecule has 112 valence electrons. The molecule has 0 fully saturated rings. The van der Waals surface area contributed by atoms with Crippen LogP contribution in [0.4, 0.5) is 11.5 Å². The molecule has 0 amide bonds. The molecule has 1 heterocycles. The van der Waals surface area contributed by atoms with Crippen LogP contribution in [-0.2, 0) is 0 Å². The third-order valence-electron chi connectivity index (χ3n) is 2.60. The lowest BCUT2D eigenvalue weighted by Crippen LogP contribution is -2.13. The smallest absolute Gasteiger partial charge is 0.266 e. The zero-order chi connectivity index (χ0) is 15.2. The Balaban J connectivity index is 2.30. The lowest BCUT2D eigenvalue weighted by molar-refractivity contribution is 0.288. The minimum Gasteiger partial charge on any atom is -0.490 e. The number of nitrogens with zero attached hydrogens (tertiary/aromatic N) is 1. The van der Waals surface area contributed by atoms with E-state index in [1.807, 2.05) is 54.6 Å². The largest absolute Gasteiger partial charge is 0.490 e. The summed E-state index contributed by atoms with van der Waals surface area (Å²) < 4.78 is 11.6. The Bertz CT molecular complexity index is 673. The van der Waals surface area contributed by atoms with Gasteiger partial charge in [0.2, 0.25) is 0 Å². The summed E-state index contributed by atoms with van der Waals surface area (Å²) in [5, 5.41) is 3.11. The second-order valence-electron chi connectivity index (χ2n) is 4.05. The number of hydrogen-bond acceptors (Lipinski definition) is 5. The standard InChI is InChI=1S/C14H16IN3O3/c1-3-20-10-6-5-9(7-11(10)21-4-2)18-13-12(15)14(19)17-8-16-13/h5-8H,3-4H2,1-2H3,(H2,16,17,18,19). The predicted octanol–water partition coefficient (Wildman–Crippen LogP) is 2.92. The SMILES string of the molecule is CCOc1ccc(Nc2nc[nH]c(=O)c2I)cc1OCC. The van der Waals surface area contributed by atoms with E-state index in [1.165, 1.54) is 6.33 Å². The second kappa shape index (κ2) is 7.30. The monoisotopic (exact) mass is 401 g/mol. The van der Waals surface area contributed by atoms with Gasteiger partial charge in [-0.2, -0.15) is 0 Å². The molecule has 2 aromatic rings. The molecule has 21 heavy (non-hydrogen) atoms. The lowest BCUT2D eigenvalue weighted by atomic mass is 10.2. The molecule has 0 unspecified atom stereocenters. The Morgan fingerprint density at radius 2 is 1.95 bits per heavy atom. The maximum Gasteiger partial charge on any atom is 0.266 e. The number of ether oxygens (including phenoxy) is 2. The number of aromatic nitrogens is 2. The number of hydrogen-bond donors (Lipinski definition) is 2. The lowest BCUT2D eigenvalue weighted by Gasteiger charge is -2.13. The molecule has 0 spiro atoms. The third-order valence-corrected chi connectivity index (χ3v) is 3.60. The fourth-order valence-electron chi connectivity index (χ4n) is 1.74. The molecule has 1 aromatic carbocycles. The zero-order valence-corrected chi connectivity index (χ0v) is 13.9. The molecule has 6 nitrogen and oxygen atoms in total. The second-order valence-corrected chi connectivity index (χ2v) is 5.13. The van der Waals surface area contributed by atoms with Crippen molar-refractivity contribution in [2.24, 2.45) is 0 Å². The van der Waals surface area contributed by atoms with Gasteiger partial charge in [-0.15, -0.1) is 0 Å². The van der Waals surface area contributed by atoms with Crippen molar-refractivity contribution in [1.82, 2.24) is 9.97 Å². The fourth-order valence-corrected chi connectivity index (χ4v) is 2.17. The van der Waals surface area contributed by atoms with E-state index in [0.29, 0.717) is 34.1 Å². The van der Waals surface area contributed by atoms with Gasteiger partial charge in [-0.05, 0) is 48.6 Å². The number of H-pyrrole nitrogens is 1. The number of anilines is 2. The number of halogens is 1. The van der Waals surface area contributed by atoms with Crippen LogP contribution in [0.2, 0.25) is 0 Å². The third kappa shape index (κ3) is 3.87. The first-order valence-electron chi connectivity index (χ1n) is 6.55. The van der Waals surface area contributed by atoms with Gasteiger partial charge in [0, 0.05) is 11.8 Å². The number of nitrogens with one attached hydrogen (secondary N) is 2. The molecule has 0 radical (unpaired) electrons. The fraction of sp³-hybridized carbons (Fsp3) is 0.286. The van der Waals surface area contributed by atoms with Crippen LogP contribution >= 0.6 is 22.6 Å². The summed E-state index contributed by atoms with van der Waals surface area (Å²) in [5.74, 6) is 1.86. The summed E-state index contributed by atoms with van der Waals surface area (Å²) in [5.41, 5.74) is 0.599. The van der Waals surface area contributed by atoms with Gasteiger partial charge in [-0.25, -0.2) is 4.98 Å². The average molecular weight is 401 g/mol. The highest BCUT2D eigenvalue weighted by Crippen LogP contribution is 2.31. The number of rotatable bonds is 6. The summed E-state index contributed by atoms with van der Waals surface area (Å²) in [6, 6.07) is 5.51. The first-order chi connectivity index (χ1) is 10.2. The van der Waals surface area contributed by atoms with Crippen molar-refractivity contribution in [1.29, 1.82) is 0 Å². The van der Waals surface area contributed by atoms with E-state index in [1.54, 1.807) is 0 Å². The Kier molecular flexibility index (Phi) is 5.43. The van der Waals surface area contributed by atoms with Crippen LogP contribution in [0.5, 0.6) is 11.5 Å². The van der Waals surface area contributed by atoms with E-state index >= 15 is 0 Å². The minimum atomic E-state index is -0.177. The highest BCUT2D eigenvalue weighted by Gasteiger charge is 2.09. The van der Waals surface area contributed by atoms with E-state index < -0.39 is 0 Å². The molecule has 2 rings (SSSR count). The first kappa shape index (κ1) is 15.6. The molecular weight excluding hydrogens is 385 g/mol. The maximum absolute atomic E-state index is 11.6. The van der Waals surface area contributed by atoms with Gasteiger partial charge in [-0.3, -0.25) is 4.79 Å². The summed E-state index contributed by atoms with van der Waals surface area (Å²) >= 11 is 1.95. The number of aromatic amines is 1. The van der Waals surface area contributed by atoms with Gasteiger partial charge in [0.25, 0.3) is 5.56 Å². The predicted molar refractivity (Wildman–Crippen MR) is 89.6 cm³/mol. The van der Waals surface area contributed by atoms with Crippen LogP contribution in [0.25, 0.3) is 0 Å². The van der Waals surface area contributed by atoms with Crippen molar-refractivity contribution in [2.45, 2.75) is 13.8 Å². The Labute approximate surface area is 136 Å². The van der Waals surface area contributed by atoms with Gasteiger partial charge >= 0.3 is 0 Å². The van der Waals surface area contributed by atoms with E-state index in [0.717, 1.165) is 5.69 Å². The quantitative estimate of drug-likeness (QED) is 0.729. The Hall–Kier alpha value is -1.77. The molecule has 1 aromatic heterocycles. The first-order valence-corrected chi connectivity index (χ1v) is 7.63. The molecule has 0 aliphatic rings. The number of benzene rings is 1. The van der Waals surface area contributed by atoms with Crippen LogP contribution in [0.1, 0.15) is 13.8 Å². The average Bonchev–Trinajstić information content (AvgIpc) is 2.47. The molecule has 0 saturated carbocycles. The van der Waals surface area contributed by atoms with Gasteiger partial charge in [0.15, 0.2) is 17.3 Å². The van der Waals surface area contributed by atoms with E-state index in [4.69, 9.17) is 9.47 Å². The van der Waals surface area contributed by atoms with Gasteiger partial charge in [0.05, 0.1) is 19.5 Å². The normalized spacial score (nSPS) is 10.2. The van der Waals surface area contributed by atoms with Crippen molar-refractivity contribution in [2.75, 3.05) is 18.5 Å². The van der Waals surface area contributed by atoms with Crippen molar-refractivity contribution in [3.63, 3.8) is 0 Å². The van der Waals surface area contributed by atoms with Crippen LogP contribution in [0.3, 0.4) is 0 Å². The highest BCUT2D eigenvalue weighted by atomic mass is 127. The van der Waals surface area contributed by atoms with Crippen LogP contribution < -0.4 is 20.3 Å². The molecule has 0 aliphatic carbocycles. The summed E-state index contributed by atoms with van der Waals surface area (Å²) in [6.07, 6.45) is 1.37. The van der Waals surface area contributed by atoms with Gasteiger partial charge in [0.1, 0.15) is 3.57 Å². The topological polar surface area (TPSA) is 76.2 Å². The van der Waals surface area contributed by atoms with E-state index in [-0.39, 0.29) is 5.56 Å². The maximum atomic E-state index is 11.6. The van der Waals surface area contributed by atoms with Crippen molar-refractivity contribution in [3.05, 3.63) is 38.5 Å². The highest BCUT2D eigenvalue weighted by molar-refractivity contribution is 14.1. The van der Waals surface area contributed by atoms with Crippen LogP contribution in [-0.4, -0.2) is 23.2 Å². The van der Waals surface area contributed by atoms with Crippen LogP contribution in [0.15, 0.2) is 29.3 Å². The molecular formula is C14H16IN3O3. The van der Waals surface area contributed by atoms with Gasteiger partial charge < -0.3 is 19.8 Å². The molecule has 7 heteroatoms. The Morgan fingerprint density at radius 1 is 1.24 bits per heavy atom. The van der Waals surface area contributed by atoms with Crippen LogP contribution in [0, 0.1) is 3.57 Å². The summed E-state index contributed by atoms with van der Waals surface area (Å²) in [7, 11) is 0. The molecule has 2 N–H and O–H groups in total. The molecule has 0 atom stereocenters. The molecule has 0 saturated heterocycles. The zero-order valence-electron chi connectivity index (χ0n) is 11.8. The molecule has 0 aliphatic heterocycles. The minimum absolute atomic E-state index is 0.177. The summed E-state index contributed by atoms with van der Waals surface area (Å²) in [6.45, 7) is 4.95. The van der Waals surface area contributed by atoms with Crippen molar-refractivity contribution in [3.8, 4) is 11.5 Å².